The third kappa shape index (κ3) is 9.92. The van der Waals surface area contributed by atoms with E-state index in [0.29, 0.717) is 0 Å². The Morgan fingerprint density at radius 3 is 2.27 bits per heavy atom. The maximum atomic E-state index is 3.39. The summed E-state index contributed by atoms with van der Waals surface area (Å²) >= 11 is 0. The van der Waals surface area contributed by atoms with Crippen molar-refractivity contribution in [3.05, 3.63) is 0 Å². The van der Waals surface area contributed by atoms with Gasteiger partial charge in [-0.15, -0.1) is 0 Å². The highest BCUT2D eigenvalue weighted by atomic mass is 14.8. The third-order valence-corrected chi connectivity index (χ3v) is 1.71. The van der Waals surface area contributed by atoms with Gasteiger partial charge in [-0.1, -0.05) is 13.3 Å². The maximum Gasteiger partial charge on any atom is -0.00489 e. The van der Waals surface area contributed by atoms with Crippen molar-refractivity contribution in [1.82, 2.24) is 10.6 Å². The van der Waals surface area contributed by atoms with E-state index in [1.54, 1.807) is 0 Å². The number of nitrogens with one attached hydrogen (secondary N) is 2. The monoisotopic (exact) mass is 158 g/mol. The van der Waals surface area contributed by atoms with E-state index < -0.39 is 0 Å². The highest BCUT2D eigenvalue weighted by molar-refractivity contribution is 4.48. The van der Waals surface area contributed by atoms with Gasteiger partial charge in [0.1, 0.15) is 0 Å². The van der Waals surface area contributed by atoms with Crippen LogP contribution in [0, 0.1) is 0 Å². The van der Waals surface area contributed by atoms with Crippen LogP contribution in [-0.4, -0.2) is 26.7 Å². The molecule has 2 N–H and O–H groups in total. The summed E-state index contributed by atoms with van der Waals surface area (Å²) in [6, 6.07) is 0. The van der Waals surface area contributed by atoms with E-state index in [9.17, 15) is 0 Å². The Labute approximate surface area is 70.8 Å². The van der Waals surface area contributed by atoms with Crippen molar-refractivity contribution < 1.29 is 0 Å². The van der Waals surface area contributed by atoms with Crippen LogP contribution in [-0.2, 0) is 0 Å². The van der Waals surface area contributed by atoms with E-state index in [1.165, 1.54) is 38.8 Å². The van der Waals surface area contributed by atoms with Crippen molar-refractivity contribution in [2.24, 2.45) is 0 Å². The predicted octanol–water partition coefficient (Wildman–Crippen LogP) is 1.38. The fourth-order valence-electron chi connectivity index (χ4n) is 1.03. The van der Waals surface area contributed by atoms with Crippen molar-refractivity contribution in [3.8, 4) is 0 Å². The van der Waals surface area contributed by atoms with Crippen LogP contribution in [0.5, 0.6) is 0 Å². The molecular formula is C9H22N2. The van der Waals surface area contributed by atoms with Crippen LogP contribution < -0.4 is 10.6 Å². The quantitative estimate of drug-likeness (QED) is 0.521. The summed E-state index contributed by atoms with van der Waals surface area (Å²) in [5, 5.41) is 6.54. The second-order valence-electron chi connectivity index (χ2n) is 2.91. The molecule has 0 fully saturated rings. The molecule has 0 aromatic rings. The first-order valence-electron chi connectivity index (χ1n) is 4.77. The Kier molecular flexibility index (Phi) is 9.85. The molecule has 11 heavy (non-hydrogen) atoms. The summed E-state index contributed by atoms with van der Waals surface area (Å²) in [4.78, 5) is 0. The number of hydrogen-bond donors (Lipinski definition) is 2. The molecule has 0 saturated heterocycles. The van der Waals surface area contributed by atoms with Gasteiger partial charge in [-0.05, 0) is 45.9 Å². The summed E-state index contributed by atoms with van der Waals surface area (Å²) in [5.41, 5.74) is 0. The minimum absolute atomic E-state index is 1.16. The maximum absolute atomic E-state index is 3.39. The Hall–Kier alpha value is -0.0800. The van der Waals surface area contributed by atoms with Crippen LogP contribution in [0.25, 0.3) is 0 Å². The van der Waals surface area contributed by atoms with Crippen LogP contribution in [0.2, 0.25) is 0 Å². The fourth-order valence-corrected chi connectivity index (χ4v) is 1.03. The summed E-state index contributed by atoms with van der Waals surface area (Å²) in [7, 11) is 2.01. The van der Waals surface area contributed by atoms with Crippen LogP contribution in [0.15, 0.2) is 0 Å². The van der Waals surface area contributed by atoms with Gasteiger partial charge in [0.15, 0.2) is 0 Å². The van der Waals surface area contributed by atoms with E-state index in [-0.39, 0.29) is 0 Å². The molecule has 2 heteroatoms. The minimum atomic E-state index is 1.16. The summed E-state index contributed by atoms with van der Waals surface area (Å²) in [6.45, 7) is 5.73. The number of rotatable bonds is 8. The van der Waals surface area contributed by atoms with Gasteiger partial charge in [-0.25, -0.2) is 0 Å². The molecule has 2 nitrogen and oxygen atoms in total. The Morgan fingerprint density at radius 2 is 1.64 bits per heavy atom. The molecule has 0 radical (unpaired) electrons. The van der Waals surface area contributed by atoms with E-state index in [4.69, 9.17) is 0 Å². The third-order valence-electron chi connectivity index (χ3n) is 1.71. The average Bonchev–Trinajstić information content (AvgIpc) is 2.03. The zero-order chi connectivity index (χ0) is 8.36. The number of hydrogen-bond acceptors (Lipinski definition) is 2. The van der Waals surface area contributed by atoms with E-state index in [1.807, 2.05) is 7.05 Å². The first-order chi connectivity index (χ1) is 5.41. The van der Waals surface area contributed by atoms with Gasteiger partial charge >= 0.3 is 0 Å². The second-order valence-corrected chi connectivity index (χ2v) is 2.91. The van der Waals surface area contributed by atoms with Crippen LogP contribution in [0.1, 0.15) is 32.6 Å². The van der Waals surface area contributed by atoms with Crippen molar-refractivity contribution in [3.63, 3.8) is 0 Å². The van der Waals surface area contributed by atoms with Gasteiger partial charge in [0.25, 0.3) is 0 Å². The molecule has 0 aromatic heterocycles. The Morgan fingerprint density at radius 1 is 0.909 bits per heavy atom. The van der Waals surface area contributed by atoms with E-state index in [2.05, 4.69) is 17.6 Å². The molecule has 0 aliphatic carbocycles. The Balaban J connectivity index is 2.69. The zero-order valence-electron chi connectivity index (χ0n) is 7.95. The van der Waals surface area contributed by atoms with Gasteiger partial charge in [0.2, 0.25) is 0 Å². The van der Waals surface area contributed by atoms with Gasteiger partial charge in [0.05, 0.1) is 0 Å². The molecule has 0 aliphatic heterocycles. The molecule has 0 atom stereocenters. The average molecular weight is 158 g/mol. The largest absolute Gasteiger partial charge is 0.320 e. The lowest BCUT2D eigenvalue weighted by atomic mass is 10.2. The molecule has 0 unspecified atom stereocenters. The van der Waals surface area contributed by atoms with Crippen LogP contribution in [0.3, 0.4) is 0 Å². The standard InChI is InChI=1S/C9H22N2/c1-3-7-11-9-6-4-5-8-10-2/h10-11H,3-9H2,1-2H3. The smallest absolute Gasteiger partial charge is 0.00489 e. The highest BCUT2D eigenvalue weighted by Crippen LogP contribution is 1.91. The topological polar surface area (TPSA) is 24.1 Å². The fraction of sp³-hybridized carbons (Fsp3) is 1.00. The van der Waals surface area contributed by atoms with Crippen LogP contribution in [0.4, 0.5) is 0 Å². The normalized spacial score (nSPS) is 10.4. The molecule has 0 heterocycles. The van der Waals surface area contributed by atoms with Crippen molar-refractivity contribution >= 4 is 0 Å². The molecule has 0 rings (SSSR count). The highest BCUT2D eigenvalue weighted by Gasteiger charge is 1.87. The Bertz CT molecular complexity index is 56.6. The molecule has 0 spiro atoms. The van der Waals surface area contributed by atoms with Gasteiger partial charge in [-0.2, -0.15) is 0 Å². The summed E-state index contributed by atoms with van der Waals surface area (Å²) < 4.78 is 0. The molecule has 0 aromatic carbocycles. The lowest BCUT2D eigenvalue weighted by Crippen LogP contribution is -2.16. The minimum Gasteiger partial charge on any atom is -0.320 e. The molecule has 68 valence electrons. The lowest BCUT2D eigenvalue weighted by molar-refractivity contribution is 0.587. The molecule has 0 amide bonds. The van der Waals surface area contributed by atoms with Gasteiger partial charge < -0.3 is 10.6 Å². The lowest BCUT2D eigenvalue weighted by Gasteiger charge is -2.02. The van der Waals surface area contributed by atoms with Gasteiger partial charge in [0, 0.05) is 0 Å². The van der Waals surface area contributed by atoms with E-state index in [0.717, 1.165) is 6.54 Å². The van der Waals surface area contributed by atoms with Gasteiger partial charge in [-0.3, -0.25) is 0 Å². The predicted molar refractivity (Wildman–Crippen MR) is 50.9 cm³/mol. The van der Waals surface area contributed by atoms with Crippen LogP contribution >= 0.6 is 0 Å². The second kappa shape index (κ2) is 9.92. The van der Waals surface area contributed by atoms with E-state index >= 15 is 0 Å². The first-order valence-corrected chi connectivity index (χ1v) is 4.77. The van der Waals surface area contributed by atoms with Crippen molar-refractivity contribution in [1.29, 1.82) is 0 Å². The van der Waals surface area contributed by atoms with Crippen molar-refractivity contribution in [2.45, 2.75) is 32.6 Å². The van der Waals surface area contributed by atoms with Crippen molar-refractivity contribution in [2.75, 3.05) is 26.7 Å². The molecule has 0 bridgehead atoms. The summed E-state index contributed by atoms with van der Waals surface area (Å²) in [6.07, 6.45) is 5.22. The zero-order valence-corrected chi connectivity index (χ0v) is 7.95. The first kappa shape index (κ1) is 10.9. The SMILES string of the molecule is CCCNCCCCCNC. The molecule has 0 saturated carbocycles. The molecular weight excluding hydrogens is 136 g/mol. The summed E-state index contributed by atoms with van der Waals surface area (Å²) in [5.74, 6) is 0. The number of unbranched alkanes of at least 4 members (excludes halogenated alkanes) is 2. The molecule has 0 aliphatic rings.